The molecule has 0 saturated heterocycles. The maximum atomic E-state index is 12.7. The zero-order chi connectivity index (χ0) is 16.0. The molecule has 0 aliphatic rings. The Bertz CT molecular complexity index is 488. The van der Waals surface area contributed by atoms with E-state index in [-0.39, 0.29) is 12.4 Å². The van der Waals surface area contributed by atoms with E-state index in [2.05, 4.69) is 4.98 Å². The molecule has 7 heteroatoms. The van der Waals surface area contributed by atoms with Crippen LogP contribution < -0.4 is 4.90 Å². The summed E-state index contributed by atoms with van der Waals surface area (Å²) in [4.78, 5) is 16.8. The van der Waals surface area contributed by atoms with Crippen LogP contribution in [0.5, 0.6) is 0 Å². The third kappa shape index (κ3) is 5.24. The predicted octanol–water partition coefficient (Wildman–Crippen LogP) is 3.05. The first kappa shape index (κ1) is 17.3. The Hall–Kier alpha value is -1.79. The van der Waals surface area contributed by atoms with Crippen molar-refractivity contribution < 1.29 is 22.7 Å². The number of rotatable bonds is 6. The van der Waals surface area contributed by atoms with Gasteiger partial charge in [-0.1, -0.05) is 0 Å². The summed E-state index contributed by atoms with van der Waals surface area (Å²) in [6.07, 6.45) is -2.67. The number of hydrogen-bond donors (Lipinski definition) is 0. The minimum absolute atomic E-state index is 0.178. The quantitative estimate of drug-likeness (QED) is 0.758. The van der Waals surface area contributed by atoms with Gasteiger partial charge in [-0.25, -0.2) is 4.98 Å². The smallest absolute Gasteiger partial charge is 0.417 e. The number of carbonyl (C=O) groups is 1. The van der Waals surface area contributed by atoms with Gasteiger partial charge in [0.15, 0.2) is 0 Å². The van der Waals surface area contributed by atoms with Crippen molar-refractivity contribution in [3.8, 4) is 0 Å². The van der Waals surface area contributed by atoms with Gasteiger partial charge in [0.2, 0.25) is 0 Å². The number of halogens is 3. The van der Waals surface area contributed by atoms with Gasteiger partial charge in [-0.15, -0.1) is 0 Å². The van der Waals surface area contributed by atoms with Crippen molar-refractivity contribution in [1.29, 1.82) is 0 Å². The zero-order valence-electron chi connectivity index (χ0n) is 12.3. The Morgan fingerprint density at radius 3 is 2.57 bits per heavy atom. The maximum absolute atomic E-state index is 12.7. The fourth-order valence-electron chi connectivity index (χ4n) is 1.90. The molecule has 0 amide bonds. The lowest BCUT2D eigenvalue weighted by molar-refractivity contribution is -0.143. The largest absolute Gasteiger partial charge is 0.466 e. The van der Waals surface area contributed by atoms with Crippen molar-refractivity contribution in [2.45, 2.75) is 32.4 Å². The molecular weight excluding hydrogens is 285 g/mol. The number of pyridine rings is 1. The Balaban J connectivity index is 2.84. The molecule has 0 atom stereocenters. The van der Waals surface area contributed by atoms with Crippen molar-refractivity contribution in [3.63, 3.8) is 0 Å². The van der Waals surface area contributed by atoms with Crippen LogP contribution in [0, 0.1) is 0 Å². The Morgan fingerprint density at radius 2 is 2.05 bits per heavy atom. The number of ether oxygens (including phenoxy) is 1. The SMILES string of the molecule is CCOC(=O)CCCc1cc(C(F)(F)F)cnc1N(C)C. The van der Waals surface area contributed by atoms with Crippen LogP contribution in [-0.2, 0) is 22.1 Å². The van der Waals surface area contributed by atoms with Crippen LogP contribution in [-0.4, -0.2) is 31.7 Å². The van der Waals surface area contributed by atoms with Crippen molar-refractivity contribution in [1.82, 2.24) is 4.98 Å². The minimum atomic E-state index is -4.42. The molecule has 1 rings (SSSR count). The summed E-state index contributed by atoms with van der Waals surface area (Å²) >= 11 is 0. The second-order valence-corrected chi connectivity index (χ2v) is 4.76. The lowest BCUT2D eigenvalue weighted by Crippen LogP contribution is -2.16. The monoisotopic (exact) mass is 304 g/mol. The Kier molecular flexibility index (Phi) is 5.99. The molecule has 1 aromatic heterocycles. The first-order valence-corrected chi connectivity index (χ1v) is 6.64. The van der Waals surface area contributed by atoms with E-state index in [4.69, 9.17) is 4.74 Å². The van der Waals surface area contributed by atoms with Crippen LogP contribution in [0.25, 0.3) is 0 Å². The number of hydrogen-bond acceptors (Lipinski definition) is 4. The van der Waals surface area contributed by atoms with Gasteiger partial charge < -0.3 is 9.64 Å². The van der Waals surface area contributed by atoms with Crippen molar-refractivity contribution in [2.24, 2.45) is 0 Å². The fourth-order valence-corrected chi connectivity index (χ4v) is 1.90. The van der Waals surface area contributed by atoms with E-state index in [0.29, 0.717) is 30.8 Å². The van der Waals surface area contributed by atoms with E-state index in [1.807, 2.05) is 0 Å². The van der Waals surface area contributed by atoms with Crippen molar-refractivity contribution >= 4 is 11.8 Å². The highest BCUT2D eigenvalue weighted by Crippen LogP contribution is 2.31. The van der Waals surface area contributed by atoms with Gasteiger partial charge in [-0.2, -0.15) is 13.2 Å². The van der Waals surface area contributed by atoms with E-state index >= 15 is 0 Å². The van der Waals surface area contributed by atoms with E-state index in [0.717, 1.165) is 12.3 Å². The van der Waals surface area contributed by atoms with Gasteiger partial charge in [-0.05, 0) is 31.4 Å². The van der Waals surface area contributed by atoms with Gasteiger partial charge in [0.05, 0.1) is 12.2 Å². The number of aryl methyl sites for hydroxylation is 1. The molecular formula is C14H19F3N2O2. The molecule has 0 N–H and O–H groups in total. The van der Waals surface area contributed by atoms with Gasteiger partial charge in [0.1, 0.15) is 5.82 Å². The van der Waals surface area contributed by atoms with E-state index in [1.165, 1.54) is 0 Å². The number of alkyl halides is 3. The maximum Gasteiger partial charge on any atom is 0.417 e. The van der Waals surface area contributed by atoms with Gasteiger partial charge in [0.25, 0.3) is 0 Å². The molecule has 4 nitrogen and oxygen atoms in total. The molecule has 1 heterocycles. The molecule has 0 aliphatic heterocycles. The summed E-state index contributed by atoms with van der Waals surface area (Å²) < 4.78 is 43.0. The number of anilines is 1. The summed E-state index contributed by atoms with van der Waals surface area (Å²) in [6, 6.07) is 1.09. The van der Waals surface area contributed by atoms with E-state index in [9.17, 15) is 18.0 Å². The first-order chi connectivity index (χ1) is 9.75. The van der Waals surface area contributed by atoms with Crippen LogP contribution in [0.3, 0.4) is 0 Å². The highest BCUT2D eigenvalue weighted by atomic mass is 19.4. The Morgan fingerprint density at radius 1 is 1.38 bits per heavy atom. The number of carbonyl (C=O) groups excluding carboxylic acids is 1. The zero-order valence-corrected chi connectivity index (χ0v) is 12.3. The standard InChI is InChI=1S/C14H19F3N2O2/c1-4-21-12(20)7-5-6-10-8-11(14(15,16)17)9-18-13(10)19(2)3/h8-9H,4-7H2,1-3H3. The van der Waals surface area contributed by atoms with Gasteiger partial charge in [-0.3, -0.25) is 4.79 Å². The molecule has 0 saturated carbocycles. The summed E-state index contributed by atoms with van der Waals surface area (Å²) in [5.74, 6) is 0.135. The van der Waals surface area contributed by atoms with Crippen LogP contribution in [0.15, 0.2) is 12.3 Å². The number of aromatic nitrogens is 1. The summed E-state index contributed by atoms with van der Waals surface area (Å²) in [5.41, 5.74) is -0.307. The van der Waals surface area contributed by atoms with Crippen molar-refractivity contribution in [3.05, 3.63) is 23.4 Å². The molecule has 0 aromatic carbocycles. The average Bonchev–Trinajstić information content (AvgIpc) is 2.37. The number of esters is 1. The lowest BCUT2D eigenvalue weighted by atomic mass is 10.1. The molecule has 0 radical (unpaired) electrons. The highest BCUT2D eigenvalue weighted by molar-refractivity contribution is 5.69. The molecule has 1 aromatic rings. The second kappa shape index (κ2) is 7.28. The van der Waals surface area contributed by atoms with E-state index in [1.54, 1.807) is 25.9 Å². The van der Waals surface area contributed by atoms with E-state index < -0.39 is 11.7 Å². The second-order valence-electron chi connectivity index (χ2n) is 4.76. The third-order valence-corrected chi connectivity index (χ3v) is 2.83. The lowest BCUT2D eigenvalue weighted by Gasteiger charge is -2.18. The molecule has 0 spiro atoms. The molecule has 0 fully saturated rings. The summed E-state index contributed by atoms with van der Waals surface area (Å²) in [7, 11) is 3.43. The third-order valence-electron chi connectivity index (χ3n) is 2.83. The molecule has 21 heavy (non-hydrogen) atoms. The number of nitrogens with zero attached hydrogens (tertiary/aromatic N) is 2. The minimum Gasteiger partial charge on any atom is -0.466 e. The predicted molar refractivity (Wildman–Crippen MR) is 73.1 cm³/mol. The fraction of sp³-hybridized carbons (Fsp3) is 0.571. The summed E-state index contributed by atoms with van der Waals surface area (Å²) in [5, 5.41) is 0. The molecule has 118 valence electrons. The van der Waals surface area contributed by atoms with Crippen LogP contribution in [0.4, 0.5) is 19.0 Å². The van der Waals surface area contributed by atoms with Crippen molar-refractivity contribution in [2.75, 3.05) is 25.6 Å². The first-order valence-electron chi connectivity index (χ1n) is 6.64. The summed E-state index contributed by atoms with van der Waals surface area (Å²) in [6.45, 7) is 2.01. The van der Waals surface area contributed by atoms with Crippen LogP contribution in [0.2, 0.25) is 0 Å². The molecule has 0 bridgehead atoms. The van der Waals surface area contributed by atoms with Gasteiger partial charge >= 0.3 is 12.1 Å². The van der Waals surface area contributed by atoms with Crippen LogP contribution in [0.1, 0.15) is 30.9 Å². The molecule has 0 aliphatic carbocycles. The molecule has 0 unspecified atom stereocenters. The Labute approximate surface area is 121 Å². The normalized spacial score (nSPS) is 11.3. The van der Waals surface area contributed by atoms with Gasteiger partial charge in [0, 0.05) is 26.7 Å². The highest BCUT2D eigenvalue weighted by Gasteiger charge is 2.31. The average molecular weight is 304 g/mol. The topological polar surface area (TPSA) is 42.4 Å². The van der Waals surface area contributed by atoms with Crippen LogP contribution >= 0.6 is 0 Å².